The summed E-state index contributed by atoms with van der Waals surface area (Å²) in [5.41, 5.74) is -0.133. The van der Waals surface area contributed by atoms with Gasteiger partial charge in [0.15, 0.2) is 0 Å². The van der Waals surface area contributed by atoms with Crippen molar-refractivity contribution in [2.75, 3.05) is 32.9 Å². The molecule has 0 aromatic carbocycles. The van der Waals surface area contributed by atoms with E-state index < -0.39 is 12.1 Å². The first-order chi connectivity index (χ1) is 15.2. The second-order valence-corrected chi connectivity index (χ2v) is 8.12. The Morgan fingerprint density at radius 3 is 2.41 bits per heavy atom. The van der Waals surface area contributed by atoms with E-state index in [1.165, 1.54) is 0 Å². The fourth-order valence-electron chi connectivity index (χ4n) is 4.15. The minimum Gasteiger partial charge on any atom is -0.475 e. The van der Waals surface area contributed by atoms with E-state index in [-0.39, 0.29) is 17.6 Å². The number of nitrogens with zero attached hydrogens (tertiary/aromatic N) is 2. The summed E-state index contributed by atoms with van der Waals surface area (Å²) in [6, 6.07) is 5.68. The van der Waals surface area contributed by atoms with Gasteiger partial charge in [0.25, 0.3) is 0 Å². The van der Waals surface area contributed by atoms with Gasteiger partial charge in [-0.15, -0.1) is 0 Å². The molecule has 1 atom stereocenters. The molecule has 3 saturated heterocycles. The van der Waals surface area contributed by atoms with Crippen molar-refractivity contribution in [1.82, 2.24) is 9.88 Å². The first-order valence-electron chi connectivity index (χ1n) is 10.6. The normalized spacial score (nSPS) is 23.3. The fourth-order valence-corrected chi connectivity index (χ4v) is 4.15. The van der Waals surface area contributed by atoms with Crippen LogP contribution in [0.15, 0.2) is 24.4 Å². The van der Waals surface area contributed by atoms with Crippen LogP contribution in [-0.2, 0) is 19.1 Å². The molecule has 1 spiro atoms. The lowest BCUT2D eigenvalue weighted by atomic mass is 9.87. The van der Waals surface area contributed by atoms with Crippen LogP contribution in [0.1, 0.15) is 32.1 Å². The molecular formula is C21H27F3N2O6. The number of ether oxygens (including phenoxy) is 3. The summed E-state index contributed by atoms with van der Waals surface area (Å²) in [7, 11) is 0. The van der Waals surface area contributed by atoms with E-state index in [4.69, 9.17) is 24.1 Å². The van der Waals surface area contributed by atoms with Crippen LogP contribution in [0.25, 0.3) is 0 Å². The first kappa shape index (κ1) is 24.2. The monoisotopic (exact) mass is 460 g/mol. The molecule has 3 fully saturated rings. The summed E-state index contributed by atoms with van der Waals surface area (Å²) in [6.45, 7) is 3.59. The van der Waals surface area contributed by atoms with E-state index in [0.29, 0.717) is 31.6 Å². The molecule has 8 nitrogen and oxygen atoms in total. The second-order valence-electron chi connectivity index (χ2n) is 8.12. The van der Waals surface area contributed by atoms with Crippen molar-refractivity contribution in [3.05, 3.63) is 24.4 Å². The van der Waals surface area contributed by atoms with Gasteiger partial charge in [0.2, 0.25) is 11.8 Å². The molecule has 32 heavy (non-hydrogen) atoms. The van der Waals surface area contributed by atoms with E-state index in [1.54, 1.807) is 6.20 Å². The lowest BCUT2D eigenvalue weighted by Crippen LogP contribution is -2.49. The maximum Gasteiger partial charge on any atom is 0.490 e. The fraction of sp³-hybridized carbons (Fsp3) is 0.667. The van der Waals surface area contributed by atoms with Gasteiger partial charge >= 0.3 is 12.1 Å². The topological polar surface area (TPSA) is 98.2 Å². The molecule has 178 valence electrons. The van der Waals surface area contributed by atoms with Crippen LogP contribution in [0.2, 0.25) is 0 Å². The molecule has 0 radical (unpaired) electrons. The summed E-state index contributed by atoms with van der Waals surface area (Å²) in [5, 5.41) is 7.12. The second kappa shape index (κ2) is 10.5. The molecule has 0 aliphatic carbocycles. The molecule has 4 heterocycles. The van der Waals surface area contributed by atoms with Crippen LogP contribution >= 0.6 is 0 Å². The van der Waals surface area contributed by atoms with Crippen LogP contribution in [0.3, 0.4) is 0 Å². The molecule has 1 aromatic heterocycles. The van der Waals surface area contributed by atoms with Crippen LogP contribution in [0.5, 0.6) is 5.88 Å². The molecule has 1 amide bonds. The highest BCUT2D eigenvalue weighted by atomic mass is 19.4. The molecule has 4 rings (SSSR count). The van der Waals surface area contributed by atoms with Crippen molar-refractivity contribution in [3.63, 3.8) is 0 Å². The van der Waals surface area contributed by atoms with Crippen LogP contribution in [0, 0.1) is 5.92 Å². The number of rotatable bonds is 3. The average Bonchev–Trinajstić information content (AvgIpc) is 3.16. The number of carboxylic acid groups (broad SMARTS) is 1. The highest BCUT2D eigenvalue weighted by Crippen LogP contribution is 2.37. The molecule has 0 saturated carbocycles. The van der Waals surface area contributed by atoms with Crippen molar-refractivity contribution in [1.29, 1.82) is 0 Å². The van der Waals surface area contributed by atoms with Crippen molar-refractivity contribution in [3.8, 4) is 5.88 Å². The number of halogens is 3. The van der Waals surface area contributed by atoms with Crippen LogP contribution < -0.4 is 4.74 Å². The Kier molecular flexibility index (Phi) is 7.94. The van der Waals surface area contributed by atoms with E-state index >= 15 is 0 Å². The van der Waals surface area contributed by atoms with Crippen molar-refractivity contribution < 1.29 is 42.1 Å². The summed E-state index contributed by atoms with van der Waals surface area (Å²) < 4.78 is 49.2. The standard InChI is InChI=1S/C19H26N2O4.C2HF3O2/c22-18(15-4-11-23-12-5-15)21-9-6-19(7-10-21)13-16(14-24-19)25-17-3-1-2-8-20-17;3-2(4,5)1(6)7/h1-3,8,15-16H,4-7,9-14H2;(H,6,7). The molecule has 11 heteroatoms. The number of carboxylic acids is 1. The van der Waals surface area contributed by atoms with Gasteiger partial charge in [-0.1, -0.05) is 6.07 Å². The number of likely N-dealkylation sites (tertiary alicyclic amines) is 1. The number of aromatic nitrogens is 1. The molecule has 1 aromatic rings. The molecule has 1 N–H and O–H groups in total. The number of hydrogen-bond donors (Lipinski definition) is 1. The maximum absolute atomic E-state index is 12.7. The summed E-state index contributed by atoms with van der Waals surface area (Å²) in [4.78, 5) is 27.8. The third kappa shape index (κ3) is 6.55. The minimum atomic E-state index is -5.08. The van der Waals surface area contributed by atoms with Crippen molar-refractivity contribution in [2.24, 2.45) is 5.92 Å². The Hall–Kier alpha value is -2.40. The van der Waals surface area contributed by atoms with Crippen molar-refractivity contribution in [2.45, 2.75) is 50.0 Å². The smallest absolute Gasteiger partial charge is 0.475 e. The average molecular weight is 460 g/mol. The number of carbonyl (C=O) groups excluding carboxylic acids is 1. The van der Waals surface area contributed by atoms with Gasteiger partial charge in [0.05, 0.1) is 12.2 Å². The van der Waals surface area contributed by atoms with Crippen LogP contribution in [0.4, 0.5) is 13.2 Å². The van der Waals surface area contributed by atoms with E-state index in [9.17, 15) is 18.0 Å². The van der Waals surface area contributed by atoms with E-state index in [2.05, 4.69) is 4.98 Å². The minimum absolute atomic E-state index is 0.0487. The SMILES string of the molecule is O=C(C1CCOCC1)N1CCC2(CC1)CC(Oc1ccccn1)CO2.O=C(O)C(F)(F)F. The quantitative estimate of drug-likeness (QED) is 0.741. The van der Waals surface area contributed by atoms with Gasteiger partial charge in [-0.2, -0.15) is 13.2 Å². The molecule has 0 bridgehead atoms. The third-order valence-corrected chi connectivity index (χ3v) is 5.90. The van der Waals surface area contributed by atoms with Gasteiger partial charge in [0, 0.05) is 50.9 Å². The van der Waals surface area contributed by atoms with Crippen LogP contribution in [-0.4, -0.2) is 77.7 Å². The Labute approximate surface area is 183 Å². The molecule has 3 aliphatic heterocycles. The maximum atomic E-state index is 12.7. The lowest BCUT2D eigenvalue weighted by Gasteiger charge is -2.40. The number of hydrogen-bond acceptors (Lipinski definition) is 6. The Morgan fingerprint density at radius 1 is 1.19 bits per heavy atom. The van der Waals surface area contributed by atoms with Gasteiger partial charge in [-0.3, -0.25) is 4.79 Å². The Morgan fingerprint density at radius 2 is 1.84 bits per heavy atom. The zero-order valence-corrected chi connectivity index (χ0v) is 17.6. The van der Waals surface area contributed by atoms with E-state index in [0.717, 1.165) is 45.2 Å². The number of amides is 1. The first-order valence-corrected chi connectivity index (χ1v) is 10.6. The lowest BCUT2D eigenvalue weighted by molar-refractivity contribution is -0.192. The van der Waals surface area contributed by atoms with Crippen molar-refractivity contribution >= 4 is 11.9 Å². The summed E-state index contributed by atoms with van der Waals surface area (Å²) >= 11 is 0. The highest BCUT2D eigenvalue weighted by Gasteiger charge is 2.45. The highest BCUT2D eigenvalue weighted by molar-refractivity contribution is 5.79. The van der Waals surface area contributed by atoms with E-state index in [1.807, 2.05) is 23.1 Å². The zero-order chi connectivity index (χ0) is 23.2. The molecule has 3 aliphatic rings. The Balaban J connectivity index is 0.000000360. The van der Waals surface area contributed by atoms with Gasteiger partial charge in [-0.05, 0) is 31.7 Å². The van der Waals surface area contributed by atoms with Gasteiger partial charge in [-0.25, -0.2) is 9.78 Å². The number of piperidine rings is 1. The number of alkyl halides is 3. The van der Waals surface area contributed by atoms with Gasteiger partial charge < -0.3 is 24.2 Å². The third-order valence-electron chi connectivity index (χ3n) is 5.90. The Bertz CT molecular complexity index is 763. The van der Waals surface area contributed by atoms with Gasteiger partial charge in [0.1, 0.15) is 6.10 Å². The molecular weight excluding hydrogens is 433 g/mol. The number of carbonyl (C=O) groups is 2. The number of pyridine rings is 1. The number of aliphatic carboxylic acids is 1. The predicted molar refractivity (Wildman–Crippen MR) is 105 cm³/mol. The molecule has 1 unspecified atom stereocenters. The zero-order valence-electron chi connectivity index (χ0n) is 17.6. The predicted octanol–water partition coefficient (Wildman–Crippen LogP) is 2.67. The summed E-state index contributed by atoms with van der Waals surface area (Å²) in [6.07, 6.45) is 1.08. The largest absolute Gasteiger partial charge is 0.490 e. The summed E-state index contributed by atoms with van der Waals surface area (Å²) in [5.74, 6) is -1.65.